The fourth-order valence-electron chi connectivity index (χ4n) is 0.646. The molecule has 0 aromatic heterocycles. The summed E-state index contributed by atoms with van der Waals surface area (Å²) in [6.07, 6.45) is 0. The van der Waals surface area contributed by atoms with Gasteiger partial charge in [0.05, 0.1) is 0 Å². The third kappa shape index (κ3) is 2.48. The van der Waals surface area contributed by atoms with Gasteiger partial charge in [0.15, 0.2) is 6.61 Å². The molecule has 0 heterocycles. The lowest BCUT2D eigenvalue weighted by atomic mass is 10.3. The highest BCUT2D eigenvalue weighted by Gasteiger charge is 1.90. The molecule has 0 bridgehead atoms. The average molecular weight is 170 g/mol. The summed E-state index contributed by atoms with van der Waals surface area (Å²) in [6.45, 7) is 0.0711. The number of hydrogen-bond acceptors (Lipinski definition) is 2. The number of ether oxygens (including phenoxy) is 1. The SMILES string of the molecule is N#[14C]COc1ccc(Cl)cc1. The average Bonchev–Trinajstić information content (AvgIpc) is 2.04. The van der Waals surface area contributed by atoms with Gasteiger partial charge in [-0.05, 0) is 24.3 Å². The first-order valence-corrected chi connectivity index (χ1v) is 3.46. The second-order valence-corrected chi connectivity index (χ2v) is 2.34. The van der Waals surface area contributed by atoms with Crippen LogP contribution in [0.4, 0.5) is 0 Å². The molecular formula is C8H6ClNO. The molecule has 1 aromatic carbocycles. The number of nitriles is 1. The van der Waals surface area contributed by atoms with Crippen LogP contribution in [0.2, 0.25) is 5.02 Å². The van der Waals surface area contributed by atoms with Crippen LogP contribution in [0.1, 0.15) is 0 Å². The molecule has 0 atom stereocenters. The molecule has 0 saturated heterocycles. The first kappa shape index (κ1) is 7.90. The summed E-state index contributed by atoms with van der Waals surface area (Å²) in [4.78, 5) is 0. The molecule has 1 rings (SSSR count). The van der Waals surface area contributed by atoms with Crippen LogP contribution < -0.4 is 4.74 Å². The Morgan fingerprint density at radius 2 is 2.00 bits per heavy atom. The van der Waals surface area contributed by atoms with Gasteiger partial charge < -0.3 is 4.74 Å². The maximum Gasteiger partial charge on any atom is 0.174 e. The Labute approximate surface area is 70.0 Å². The van der Waals surface area contributed by atoms with E-state index in [9.17, 15) is 0 Å². The maximum atomic E-state index is 8.18. The minimum absolute atomic E-state index is 0.0711. The van der Waals surface area contributed by atoms with E-state index in [2.05, 4.69) is 0 Å². The maximum absolute atomic E-state index is 8.18. The topological polar surface area (TPSA) is 33.0 Å². The summed E-state index contributed by atoms with van der Waals surface area (Å²) < 4.78 is 4.99. The number of hydrogen-bond donors (Lipinski definition) is 0. The van der Waals surface area contributed by atoms with Gasteiger partial charge in [0.1, 0.15) is 11.8 Å². The van der Waals surface area contributed by atoms with Gasteiger partial charge in [-0.2, -0.15) is 5.26 Å². The van der Waals surface area contributed by atoms with Crippen LogP contribution in [0.25, 0.3) is 0 Å². The molecular weight excluding hydrogens is 164 g/mol. The molecule has 0 radical (unpaired) electrons. The normalized spacial score (nSPS) is 8.73. The molecule has 0 saturated carbocycles. The van der Waals surface area contributed by atoms with E-state index in [0.29, 0.717) is 10.8 Å². The number of rotatable bonds is 2. The predicted molar refractivity (Wildman–Crippen MR) is 42.6 cm³/mol. The van der Waals surface area contributed by atoms with Crippen LogP contribution in [0.3, 0.4) is 0 Å². The van der Waals surface area contributed by atoms with Crippen molar-refractivity contribution < 1.29 is 4.74 Å². The molecule has 1 aromatic rings. The summed E-state index contributed by atoms with van der Waals surface area (Å²) in [6, 6.07) is 8.75. The Kier molecular flexibility index (Phi) is 2.76. The standard InChI is InChI=1S/C8H6ClNO/c9-7-1-3-8(4-2-7)11-6-5-10/h1-4H,6H2/i5+2. The third-order valence-electron chi connectivity index (χ3n) is 1.12. The van der Waals surface area contributed by atoms with Gasteiger partial charge in [-0.3, -0.25) is 0 Å². The lowest BCUT2D eigenvalue weighted by Gasteiger charge is -1.99. The van der Waals surface area contributed by atoms with Crippen molar-refractivity contribution >= 4 is 11.6 Å². The van der Waals surface area contributed by atoms with Gasteiger partial charge in [0, 0.05) is 5.02 Å². The zero-order chi connectivity index (χ0) is 8.10. The Bertz CT molecular complexity index is 262. The molecule has 3 heteroatoms. The van der Waals surface area contributed by atoms with Crippen LogP contribution in [-0.4, -0.2) is 6.61 Å². The molecule has 0 N–H and O–H groups in total. The van der Waals surface area contributed by atoms with Gasteiger partial charge in [-0.25, -0.2) is 0 Å². The Morgan fingerprint density at radius 1 is 1.36 bits per heavy atom. The van der Waals surface area contributed by atoms with Crippen LogP contribution in [0.5, 0.6) is 5.75 Å². The zero-order valence-electron chi connectivity index (χ0n) is 5.75. The first-order chi connectivity index (χ1) is 5.33. The van der Waals surface area contributed by atoms with Crippen molar-refractivity contribution in [1.29, 1.82) is 5.26 Å². The van der Waals surface area contributed by atoms with Crippen molar-refractivity contribution in [2.45, 2.75) is 0 Å². The van der Waals surface area contributed by atoms with Crippen LogP contribution >= 0.6 is 11.6 Å². The zero-order valence-corrected chi connectivity index (χ0v) is 6.51. The van der Waals surface area contributed by atoms with Crippen molar-refractivity contribution in [3.8, 4) is 11.8 Å². The Hall–Kier alpha value is -1.20. The van der Waals surface area contributed by atoms with E-state index < -0.39 is 0 Å². The monoisotopic (exact) mass is 169 g/mol. The molecule has 0 spiro atoms. The van der Waals surface area contributed by atoms with E-state index in [1.165, 1.54) is 0 Å². The smallest absolute Gasteiger partial charge is 0.174 e. The number of halogens is 1. The molecule has 0 amide bonds. The fourth-order valence-corrected chi connectivity index (χ4v) is 0.772. The van der Waals surface area contributed by atoms with E-state index in [1.807, 2.05) is 6.07 Å². The highest BCUT2D eigenvalue weighted by Crippen LogP contribution is 2.14. The quantitative estimate of drug-likeness (QED) is 0.680. The Balaban J connectivity index is 2.60. The van der Waals surface area contributed by atoms with E-state index in [-0.39, 0.29) is 6.61 Å². The summed E-state index contributed by atoms with van der Waals surface area (Å²) in [7, 11) is 0. The van der Waals surface area contributed by atoms with Gasteiger partial charge in [-0.15, -0.1) is 0 Å². The summed E-state index contributed by atoms with van der Waals surface area (Å²) in [5.41, 5.74) is 0. The van der Waals surface area contributed by atoms with E-state index >= 15 is 0 Å². The van der Waals surface area contributed by atoms with Crippen molar-refractivity contribution in [3.63, 3.8) is 0 Å². The lowest BCUT2D eigenvalue weighted by Crippen LogP contribution is -1.92. The van der Waals surface area contributed by atoms with Gasteiger partial charge in [0.25, 0.3) is 0 Å². The summed E-state index contributed by atoms with van der Waals surface area (Å²) in [5, 5.41) is 8.84. The molecule has 0 unspecified atom stereocenters. The number of benzene rings is 1. The molecule has 56 valence electrons. The van der Waals surface area contributed by atoms with Crippen molar-refractivity contribution in [3.05, 3.63) is 29.3 Å². The second kappa shape index (κ2) is 3.85. The number of nitrogens with zero attached hydrogens (tertiary/aromatic N) is 1. The van der Waals surface area contributed by atoms with Crippen LogP contribution in [0, 0.1) is 11.3 Å². The largest absolute Gasteiger partial charge is 0.479 e. The van der Waals surface area contributed by atoms with Gasteiger partial charge in [0.2, 0.25) is 0 Å². The molecule has 2 nitrogen and oxygen atoms in total. The van der Waals surface area contributed by atoms with E-state index in [0.717, 1.165) is 0 Å². The van der Waals surface area contributed by atoms with Crippen molar-refractivity contribution in [2.24, 2.45) is 0 Å². The third-order valence-corrected chi connectivity index (χ3v) is 1.37. The van der Waals surface area contributed by atoms with Gasteiger partial charge in [-0.1, -0.05) is 11.6 Å². The van der Waals surface area contributed by atoms with Crippen molar-refractivity contribution in [2.75, 3.05) is 6.61 Å². The van der Waals surface area contributed by atoms with Gasteiger partial charge >= 0.3 is 0 Å². The molecule has 0 fully saturated rings. The fraction of sp³-hybridized carbons (Fsp3) is 0.125. The molecule has 0 aliphatic rings. The minimum atomic E-state index is 0.0711. The highest BCUT2D eigenvalue weighted by atomic mass is 35.5. The van der Waals surface area contributed by atoms with Crippen LogP contribution in [0.15, 0.2) is 24.3 Å². The van der Waals surface area contributed by atoms with Crippen LogP contribution in [-0.2, 0) is 0 Å². The lowest BCUT2D eigenvalue weighted by molar-refractivity contribution is 0.368. The molecule has 0 aliphatic heterocycles. The summed E-state index contributed by atoms with van der Waals surface area (Å²) in [5.74, 6) is 0.663. The Morgan fingerprint density at radius 3 is 2.55 bits per heavy atom. The van der Waals surface area contributed by atoms with E-state index in [4.69, 9.17) is 21.6 Å². The molecule has 11 heavy (non-hydrogen) atoms. The summed E-state index contributed by atoms with van der Waals surface area (Å²) >= 11 is 5.63. The predicted octanol–water partition coefficient (Wildman–Crippen LogP) is 2.24. The van der Waals surface area contributed by atoms with E-state index in [1.54, 1.807) is 24.3 Å². The second-order valence-electron chi connectivity index (χ2n) is 1.90. The first-order valence-electron chi connectivity index (χ1n) is 3.08. The highest BCUT2D eigenvalue weighted by molar-refractivity contribution is 6.30. The molecule has 0 aliphatic carbocycles. The minimum Gasteiger partial charge on any atom is -0.479 e. The van der Waals surface area contributed by atoms with Crippen molar-refractivity contribution in [1.82, 2.24) is 0 Å².